The van der Waals surface area contributed by atoms with Crippen LogP contribution in [0.25, 0.3) is 12.2 Å². The van der Waals surface area contributed by atoms with E-state index in [0.717, 1.165) is 24.3 Å². The van der Waals surface area contributed by atoms with E-state index in [4.69, 9.17) is 18.9 Å². The molecule has 0 bridgehead atoms. The van der Waals surface area contributed by atoms with Crippen molar-refractivity contribution in [3.8, 4) is 23.0 Å². The van der Waals surface area contributed by atoms with E-state index in [2.05, 4.69) is 40.9 Å². The first-order chi connectivity index (χ1) is 33.8. The number of hydrogen-bond acceptors (Lipinski definition) is 20. The van der Waals surface area contributed by atoms with Crippen LogP contribution < -0.4 is 18.9 Å². The fourth-order valence-electron chi connectivity index (χ4n) is 6.40. The summed E-state index contributed by atoms with van der Waals surface area (Å²) in [7, 11) is -14.0. The van der Waals surface area contributed by atoms with Crippen molar-refractivity contribution in [3.63, 3.8) is 0 Å². The van der Waals surface area contributed by atoms with Crippen LogP contribution >= 0.6 is 0 Å². The van der Waals surface area contributed by atoms with Gasteiger partial charge in [-0.05, 0) is 109 Å². The third-order valence-electron chi connectivity index (χ3n) is 9.93. The highest BCUT2D eigenvalue weighted by Crippen LogP contribution is 2.40. The first-order valence-corrected chi connectivity index (χ1v) is 25.9. The first-order valence-electron chi connectivity index (χ1n) is 20.1. The second kappa shape index (κ2) is 21.7. The molecule has 0 aliphatic heterocycles. The molecular weight excluding hydrogens is 1020 g/mol. The number of aryl methyl sites for hydroxylation is 2. The Hall–Kier alpha value is -7.70. The predicted molar refractivity (Wildman–Crippen MR) is 259 cm³/mol. The van der Waals surface area contributed by atoms with Crippen LogP contribution in [0.5, 0.6) is 23.0 Å². The van der Waals surface area contributed by atoms with Gasteiger partial charge in [0, 0.05) is 12.1 Å². The third-order valence-corrected chi connectivity index (χ3v) is 13.5. The van der Waals surface area contributed by atoms with Gasteiger partial charge in [-0.2, -0.15) is 64.4 Å². The van der Waals surface area contributed by atoms with E-state index < -0.39 is 60.1 Å². The van der Waals surface area contributed by atoms with Crippen LogP contribution in [0.2, 0.25) is 0 Å². The zero-order valence-electron chi connectivity index (χ0n) is 38.3. The summed E-state index contributed by atoms with van der Waals surface area (Å²) in [6.45, 7) is 3.32. The van der Waals surface area contributed by atoms with Crippen LogP contribution in [0, 0.1) is 13.8 Å². The van der Waals surface area contributed by atoms with E-state index in [9.17, 15) is 51.9 Å². The molecule has 376 valence electrons. The topological polar surface area (TPSA) is 353 Å². The van der Waals surface area contributed by atoms with Crippen molar-refractivity contribution in [2.75, 3.05) is 28.4 Å². The number of azo groups is 4. The minimum atomic E-state index is -4.93. The van der Waals surface area contributed by atoms with Crippen LogP contribution in [-0.2, 0) is 40.5 Å². The summed E-state index contributed by atoms with van der Waals surface area (Å²) < 4.78 is 158. The van der Waals surface area contributed by atoms with Crippen molar-refractivity contribution >= 4 is 98.1 Å². The lowest BCUT2D eigenvalue weighted by molar-refractivity contribution is 0.397. The number of hydrogen-bond donors (Lipinski definition) is 4. The quantitative estimate of drug-likeness (QED) is 0.0353. The Morgan fingerprint density at radius 3 is 0.917 bits per heavy atom. The van der Waals surface area contributed by atoms with Gasteiger partial charge in [0.15, 0.2) is 0 Å². The second-order valence-electron chi connectivity index (χ2n) is 14.8. The van der Waals surface area contributed by atoms with Gasteiger partial charge < -0.3 is 18.9 Å². The summed E-state index contributed by atoms with van der Waals surface area (Å²) in [6.07, 6.45) is 2.36. The fraction of sp³-hybridized carbons (Fsp3) is 0.136. The Morgan fingerprint density at radius 2 is 0.625 bits per heavy atom. The number of nitrogens with zero attached hydrogens (tertiary/aromatic N) is 8. The summed E-state index contributed by atoms with van der Waals surface area (Å²) >= 11 is 0. The highest BCUT2D eigenvalue weighted by atomic mass is 32.2. The average molecular weight is 1070 g/mol. The molecule has 0 saturated carbocycles. The molecule has 0 saturated heterocycles. The van der Waals surface area contributed by atoms with E-state index >= 15 is 0 Å². The molecule has 0 aromatic heterocycles. The van der Waals surface area contributed by atoms with Gasteiger partial charge in [-0.1, -0.05) is 24.3 Å². The predicted octanol–water partition coefficient (Wildman–Crippen LogP) is 11.2. The van der Waals surface area contributed by atoms with Gasteiger partial charge in [-0.25, -0.2) is 0 Å². The Morgan fingerprint density at radius 1 is 0.347 bits per heavy atom. The maximum Gasteiger partial charge on any atom is 0.298 e. The normalized spacial score (nSPS) is 12.8. The number of methoxy groups -OCH3 is 4. The summed E-state index contributed by atoms with van der Waals surface area (Å²) in [4.78, 5) is -2.28. The molecule has 0 heterocycles. The summed E-state index contributed by atoms with van der Waals surface area (Å²) in [5.41, 5.74) is 1.78. The largest absolute Gasteiger partial charge is 0.495 e. The SMILES string of the molecule is COc1cc(N=Nc2ccc(OC)c(S(=O)(=O)O)c2)c(C)cc1N=Nc1ccc(/C=C/c2ccc(N=Nc3cc(C)c(N=Nc4ccc(OC)c(S(=O)(=O)O)c4)cc3OC)cc2S(=O)(=O)O)c(S(=O)(=O)O)c1. The zero-order valence-corrected chi connectivity index (χ0v) is 41.6. The minimum Gasteiger partial charge on any atom is -0.495 e. The van der Waals surface area contributed by atoms with Crippen LogP contribution in [0.3, 0.4) is 0 Å². The zero-order chi connectivity index (χ0) is 52.8. The number of benzene rings is 6. The number of ether oxygens (including phenoxy) is 4. The summed E-state index contributed by atoms with van der Waals surface area (Å²) in [5.74, 6) is 0.110. The van der Waals surface area contributed by atoms with Crippen molar-refractivity contribution in [2.24, 2.45) is 40.9 Å². The molecule has 0 unspecified atom stereocenters. The maximum absolute atomic E-state index is 12.6. The monoisotopic (exact) mass is 1060 g/mol. The van der Waals surface area contributed by atoms with Crippen molar-refractivity contribution in [1.29, 1.82) is 0 Å². The van der Waals surface area contributed by atoms with E-state index in [1.54, 1.807) is 13.8 Å². The Labute approximate surface area is 412 Å². The van der Waals surface area contributed by atoms with Gasteiger partial charge in [-0.3, -0.25) is 18.2 Å². The van der Waals surface area contributed by atoms with E-state index in [0.29, 0.717) is 11.1 Å². The summed E-state index contributed by atoms with van der Waals surface area (Å²) in [6, 6.07) is 20.8. The van der Waals surface area contributed by atoms with E-state index in [1.807, 2.05) is 0 Å². The molecule has 72 heavy (non-hydrogen) atoms. The molecule has 24 nitrogen and oxygen atoms in total. The van der Waals surface area contributed by atoms with Gasteiger partial charge in [0.05, 0.1) is 62.6 Å². The van der Waals surface area contributed by atoms with Gasteiger partial charge in [0.2, 0.25) is 0 Å². The van der Waals surface area contributed by atoms with Gasteiger partial charge in [-0.15, -0.1) is 10.2 Å². The molecule has 28 heteroatoms. The van der Waals surface area contributed by atoms with Crippen molar-refractivity contribution < 1.29 is 70.8 Å². The van der Waals surface area contributed by atoms with Gasteiger partial charge in [0.1, 0.15) is 54.0 Å². The molecule has 0 aliphatic rings. The lowest BCUT2D eigenvalue weighted by Crippen LogP contribution is -2.01. The van der Waals surface area contributed by atoms with E-state index in [-0.39, 0.29) is 79.6 Å². The van der Waals surface area contributed by atoms with E-state index in [1.165, 1.54) is 113 Å². The second-order valence-corrected chi connectivity index (χ2v) is 20.3. The van der Waals surface area contributed by atoms with Crippen molar-refractivity contribution in [3.05, 3.63) is 119 Å². The van der Waals surface area contributed by atoms with Crippen LogP contribution in [0.4, 0.5) is 45.5 Å². The molecular formula is C44H40N8O16S4. The molecule has 0 spiro atoms. The first kappa shape index (κ1) is 53.6. The molecule has 0 atom stereocenters. The van der Waals surface area contributed by atoms with Crippen LogP contribution in [0.15, 0.2) is 158 Å². The molecule has 0 amide bonds. The Balaban J connectivity index is 1.23. The van der Waals surface area contributed by atoms with Crippen molar-refractivity contribution in [2.45, 2.75) is 33.4 Å². The summed E-state index contributed by atoms with van der Waals surface area (Å²) in [5, 5.41) is 33.0. The molecule has 4 N–H and O–H groups in total. The Bertz CT molecular complexity index is 3490. The molecule has 6 rings (SSSR count). The molecule has 6 aromatic rings. The average Bonchev–Trinajstić information content (AvgIpc) is 3.32. The molecule has 0 aliphatic carbocycles. The maximum atomic E-state index is 12.6. The highest BCUT2D eigenvalue weighted by Gasteiger charge is 2.21. The lowest BCUT2D eigenvalue weighted by Gasteiger charge is -2.09. The smallest absolute Gasteiger partial charge is 0.298 e. The Kier molecular flexibility index (Phi) is 16.2. The van der Waals surface area contributed by atoms with Crippen molar-refractivity contribution in [1.82, 2.24) is 0 Å². The molecule has 0 fully saturated rings. The highest BCUT2D eigenvalue weighted by molar-refractivity contribution is 7.86. The standard InChI is InChI=1S/C44H40N8O16S4/c1-25-17-35(39(67-5)23-33(25)49-45-31-13-15-37(65-3)43(21-31)71(59,60)61)51-47-29-11-9-27(41(19-29)69(53,54)55)7-8-28-10-12-30(20-42(28)70(56,57)58)48-52-36-18-26(2)34(24-40(36)68-6)50-46-32-14-16-38(66-4)44(22-32)72(62,63)64/h7-24H,1-6H3,(H,53,54,55)(H,56,57,58)(H,59,60,61)(H,62,63,64)/b8-7+,49-45?,50-46?,51-47?,52-48?. The van der Waals surface area contributed by atoms with Crippen LogP contribution in [-0.4, -0.2) is 80.3 Å². The number of rotatable bonds is 18. The van der Waals surface area contributed by atoms with Gasteiger partial charge in [0.25, 0.3) is 40.5 Å². The molecule has 0 radical (unpaired) electrons. The molecule has 6 aromatic carbocycles. The van der Waals surface area contributed by atoms with Gasteiger partial charge >= 0.3 is 0 Å². The van der Waals surface area contributed by atoms with Crippen LogP contribution in [0.1, 0.15) is 22.3 Å². The minimum absolute atomic E-state index is 0.0398. The third kappa shape index (κ3) is 13.2. The lowest BCUT2D eigenvalue weighted by atomic mass is 10.1. The fourth-order valence-corrected chi connectivity index (χ4v) is 9.16.